The number of carbonyl (C=O) groups excluding carboxylic acids is 1. The van der Waals surface area contributed by atoms with Crippen molar-refractivity contribution < 1.29 is 9.21 Å². The SMILES string of the molecule is Cc1oc([C@H](N)C(C)C)nc1C(=O)N1C[C@@H]2C[C@H](C1)c1ccc(CN(C)C)c(=O)n1C2.Cl.Cl. The van der Waals surface area contributed by atoms with Crippen LogP contribution in [0.3, 0.4) is 0 Å². The molecule has 1 fully saturated rings. The second-order valence-electron chi connectivity index (χ2n) is 9.67. The van der Waals surface area contributed by atoms with Gasteiger partial charge in [-0.2, -0.15) is 0 Å². The predicted octanol–water partition coefficient (Wildman–Crippen LogP) is 2.97. The highest BCUT2D eigenvalue weighted by Gasteiger charge is 2.38. The first-order valence-electron chi connectivity index (χ1n) is 11.0. The molecule has 0 saturated carbocycles. The quantitative estimate of drug-likeness (QED) is 0.678. The Morgan fingerprint density at radius 3 is 2.58 bits per heavy atom. The van der Waals surface area contributed by atoms with E-state index in [-0.39, 0.29) is 60.1 Å². The molecule has 2 aliphatic heterocycles. The van der Waals surface area contributed by atoms with E-state index < -0.39 is 0 Å². The van der Waals surface area contributed by atoms with Gasteiger partial charge in [0.2, 0.25) is 5.89 Å². The molecular formula is C23H35Cl2N5O3. The van der Waals surface area contributed by atoms with Gasteiger partial charge in [-0.1, -0.05) is 19.9 Å². The number of amides is 1. The molecule has 184 valence electrons. The molecule has 2 aromatic rings. The smallest absolute Gasteiger partial charge is 0.276 e. The largest absolute Gasteiger partial charge is 0.443 e. The molecule has 8 nitrogen and oxygen atoms in total. The summed E-state index contributed by atoms with van der Waals surface area (Å²) in [6.45, 7) is 8.25. The maximum atomic E-state index is 13.3. The zero-order valence-corrected chi connectivity index (χ0v) is 21.5. The van der Waals surface area contributed by atoms with E-state index >= 15 is 0 Å². The van der Waals surface area contributed by atoms with Crippen LogP contribution in [0.25, 0.3) is 0 Å². The summed E-state index contributed by atoms with van der Waals surface area (Å²) >= 11 is 0. The number of oxazole rings is 1. The van der Waals surface area contributed by atoms with Crippen LogP contribution in [0.2, 0.25) is 0 Å². The Bertz CT molecular complexity index is 1050. The third-order valence-electron chi connectivity index (χ3n) is 6.48. The van der Waals surface area contributed by atoms with Crippen LogP contribution in [-0.4, -0.2) is 52.4 Å². The maximum Gasteiger partial charge on any atom is 0.276 e. The summed E-state index contributed by atoms with van der Waals surface area (Å²) in [7, 11) is 3.93. The van der Waals surface area contributed by atoms with Crippen molar-refractivity contribution in [2.75, 3.05) is 27.2 Å². The van der Waals surface area contributed by atoms with Gasteiger partial charge in [0.15, 0.2) is 5.69 Å². The molecule has 2 aliphatic rings. The van der Waals surface area contributed by atoms with Crippen LogP contribution in [0.4, 0.5) is 0 Å². The second kappa shape index (κ2) is 10.6. The van der Waals surface area contributed by atoms with E-state index in [0.717, 1.165) is 17.7 Å². The summed E-state index contributed by atoms with van der Waals surface area (Å²) in [5, 5.41) is 0. The second-order valence-corrected chi connectivity index (χ2v) is 9.67. The van der Waals surface area contributed by atoms with Crippen LogP contribution >= 0.6 is 24.8 Å². The summed E-state index contributed by atoms with van der Waals surface area (Å²) in [4.78, 5) is 34.6. The first-order chi connectivity index (χ1) is 14.7. The van der Waals surface area contributed by atoms with Crippen molar-refractivity contribution in [1.29, 1.82) is 0 Å². The number of aromatic nitrogens is 2. The van der Waals surface area contributed by atoms with E-state index in [2.05, 4.69) is 11.1 Å². The Morgan fingerprint density at radius 2 is 1.94 bits per heavy atom. The van der Waals surface area contributed by atoms with Gasteiger partial charge in [-0.25, -0.2) is 4.98 Å². The molecule has 0 radical (unpaired) electrons. The van der Waals surface area contributed by atoms with Gasteiger partial charge in [0, 0.05) is 43.4 Å². The first kappa shape index (κ1) is 27.4. The molecule has 2 aromatic heterocycles. The highest BCUT2D eigenvalue weighted by Crippen LogP contribution is 2.36. The van der Waals surface area contributed by atoms with Crippen LogP contribution in [0.5, 0.6) is 0 Å². The summed E-state index contributed by atoms with van der Waals surface area (Å²) in [5.74, 6) is 1.39. The Hall–Kier alpha value is -1.87. The van der Waals surface area contributed by atoms with E-state index in [9.17, 15) is 9.59 Å². The highest BCUT2D eigenvalue weighted by atomic mass is 35.5. The van der Waals surface area contributed by atoms with E-state index in [1.165, 1.54) is 0 Å². The molecule has 1 amide bonds. The molecule has 1 saturated heterocycles. The van der Waals surface area contributed by atoms with Gasteiger partial charge >= 0.3 is 0 Å². The minimum absolute atomic E-state index is 0. The molecule has 2 bridgehead atoms. The van der Waals surface area contributed by atoms with E-state index in [1.807, 2.05) is 48.4 Å². The number of aryl methyl sites for hydroxylation is 1. The average Bonchev–Trinajstić information content (AvgIpc) is 3.10. The number of hydrogen-bond donors (Lipinski definition) is 1. The lowest BCUT2D eigenvalue weighted by molar-refractivity contribution is 0.0587. The van der Waals surface area contributed by atoms with Crippen molar-refractivity contribution in [3.8, 4) is 0 Å². The fourth-order valence-corrected chi connectivity index (χ4v) is 4.81. The molecule has 0 aromatic carbocycles. The topological polar surface area (TPSA) is 97.6 Å². The highest BCUT2D eigenvalue weighted by molar-refractivity contribution is 5.93. The van der Waals surface area contributed by atoms with Crippen molar-refractivity contribution in [1.82, 2.24) is 19.4 Å². The number of pyridine rings is 1. The molecule has 2 N–H and O–H groups in total. The number of hydrogen-bond acceptors (Lipinski definition) is 6. The van der Waals surface area contributed by atoms with Gasteiger partial charge in [0.1, 0.15) is 5.76 Å². The van der Waals surface area contributed by atoms with Crippen LogP contribution in [0.1, 0.15) is 65.6 Å². The van der Waals surface area contributed by atoms with E-state index in [1.54, 1.807) is 6.92 Å². The summed E-state index contributed by atoms with van der Waals surface area (Å²) in [5.41, 5.74) is 8.46. The summed E-state index contributed by atoms with van der Waals surface area (Å²) < 4.78 is 7.66. The number of nitrogens with zero attached hydrogens (tertiary/aromatic N) is 4. The minimum Gasteiger partial charge on any atom is -0.443 e. The van der Waals surface area contributed by atoms with Crippen LogP contribution in [0.15, 0.2) is 21.3 Å². The average molecular weight is 500 g/mol. The fourth-order valence-electron chi connectivity index (χ4n) is 4.81. The Balaban J connectivity index is 0.00000193. The van der Waals surface area contributed by atoms with Crippen LogP contribution in [-0.2, 0) is 13.1 Å². The molecule has 4 heterocycles. The van der Waals surface area contributed by atoms with Crippen molar-refractivity contribution in [3.63, 3.8) is 0 Å². The molecule has 3 atom stereocenters. The Labute approximate surface area is 207 Å². The summed E-state index contributed by atoms with van der Waals surface area (Å²) in [6.07, 6.45) is 0.998. The van der Waals surface area contributed by atoms with Gasteiger partial charge in [0.25, 0.3) is 11.5 Å². The Morgan fingerprint density at radius 1 is 1.24 bits per heavy atom. The lowest BCUT2D eigenvalue weighted by Crippen LogP contribution is -2.49. The normalized spacial score (nSPS) is 20.2. The fraction of sp³-hybridized carbons (Fsp3) is 0.609. The lowest BCUT2D eigenvalue weighted by atomic mass is 9.82. The number of likely N-dealkylation sites (tertiary alicyclic amines) is 1. The van der Waals surface area contributed by atoms with Gasteiger partial charge in [0.05, 0.1) is 6.04 Å². The first-order valence-corrected chi connectivity index (χ1v) is 11.0. The number of halogens is 2. The molecule has 4 rings (SSSR count). The monoisotopic (exact) mass is 499 g/mol. The number of rotatable bonds is 5. The molecule has 33 heavy (non-hydrogen) atoms. The number of carbonyl (C=O) groups is 1. The zero-order valence-electron chi connectivity index (χ0n) is 19.9. The van der Waals surface area contributed by atoms with Crippen molar-refractivity contribution in [2.45, 2.75) is 52.2 Å². The predicted molar refractivity (Wildman–Crippen MR) is 132 cm³/mol. The third-order valence-corrected chi connectivity index (χ3v) is 6.48. The van der Waals surface area contributed by atoms with Gasteiger partial charge in [-0.05, 0) is 45.3 Å². The van der Waals surface area contributed by atoms with Gasteiger partial charge < -0.3 is 24.5 Å². The van der Waals surface area contributed by atoms with Crippen LogP contribution < -0.4 is 11.3 Å². The van der Waals surface area contributed by atoms with E-state index in [0.29, 0.717) is 43.5 Å². The molecular weight excluding hydrogens is 465 g/mol. The number of piperidine rings is 1. The van der Waals surface area contributed by atoms with Gasteiger partial charge in [-0.3, -0.25) is 9.59 Å². The number of nitrogens with two attached hydrogens (primary N) is 1. The standard InChI is InChI=1S/C23H33N5O3.2ClH/c1-13(2)19(24)21-25-20(14(3)31-21)23(30)27-9-15-8-17(12-27)18-7-6-16(11-26(4)5)22(29)28(18)10-15;;/h6-7,13,15,17,19H,8-12,24H2,1-5H3;2*1H/t15-,17+,19+;;/m0../s1. The summed E-state index contributed by atoms with van der Waals surface area (Å²) in [6, 6.07) is 3.67. The third kappa shape index (κ3) is 5.29. The minimum atomic E-state index is -0.337. The van der Waals surface area contributed by atoms with Crippen molar-refractivity contribution in [2.24, 2.45) is 17.6 Å². The van der Waals surface area contributed by atoms with Crippen molar-refractivity contribution in [3.05, 3.63) is 51.1 Å². The molecule has 0 spiro atoms. The van der Waals surface area contributed by atoms with Crippen LogP contribution in [0, 0.1) is 18.8 Å². The molecule has 0 aliphatic carbocycles. The van der Waals surface area contributed by atoms with Gasteiger partial charge in [-0.15, -0.1) is 24.8 Å². The molecule has 0 unspecified atom stereocenters. The zero-order chi connectivity index (χ0) is 22.4. The Kier molecular flexibility index (Phi) is 8.79. The van der Waals surface area contributed by atoms with Crippen molar-refractivity contribution >= 4 is 30.7 Å². The lowest BCUT2D eigenvalue weighted by Gasteiger charge is -2.42. The maximum absolute atomic E-state index is 13.3. The molecule has 10 heteroatoms. The van der Waals surface area contributed by atoms with E-state index in [4.69, 9.17) is 10.2 Å². The number of fused-ring (bicyclic) bond motifs is 4.